The van der Waals surface area contributed by atoms with Gasteiger partial charge in [-0.05, 0) is 31.5 Å². The maximum atomic E-state index is 12.5. The molecule has 0 radical (unpaired) electrons. The quantitative estimate of drug-likeness (QED) is 0.632. The molecule has 0 bridgehead atoms. The fraction of sp³-hybridized carbons (Fsp3) is 0.190. The monoisotopic (exact) mass is 380 g/mol. The Balaban J connectivity index is 2.02. The van der Waals surface area contributed by atoms with Crippen molar-refractivity contribution in [3.8, 4) is 0 Å². The third kappa shape index (κ3) is 4.60. The average Bonchev–Trinajstić information content (AvgIpc) is 3.07. The summed E-state index contributed by atoms with van der Waals surface area (Å²) < 4.78 is 6.88. The Morgan fingerprint density at radius 3 is 2.44 bits per heavy atom. The number of esters is 1. The highest BCUT2D eigenvalue weighted by molar-refractivity contribution is 7.07. The zero-order valence-electron chi connectivity index (χ0n) is 15.2. The lowest BCUT2D eigenvalue weighted by molar-refractivity contribution is 0.0513. The van der Waals surface area contributed by atoms with Crippen LogP contribution in [-0.4, -0.2) is 23.1 Å². The smallest absolute Gasteiger partial charge is 0.355 e. The van der Waals surface area contributed by atoms with Crippen LogP contribution in [0.3, 0.4) is 0 Å². The molecule has 1 aromatic heterocycles. The van der Waals surface area contributed by atoms with Gasteiger partial charge in [0.2, 0.25) is 0 Å². The summed E-state index contributed by atoms with van der Waals surface area (Å²) in [6.07, 6.45) is 0. The van der Waals surface area contributed by atoms with E-state index in [4.69, 9.17) is 4.74 Å². The van der Waals surface area contributed by atoms with E-state index < -0.39 is 5.97 Å². The topological polar surface area (TPSA) is 60.7 Å². The third-order valence-electron chi connectivity index (χ3n) is 3.96. The van der Waals surface area contributed by atoms with Crippen molar-refractivity contribution in [2.45, 2.75) is 20.4 Å². The van der Waals surface area contributed by atoms with Crippen LogP contribution in [0, 0.1) is 6.92 Å². The predicted octanol–water partition coefficient (Wildman–Crippen LogP) is 3.82. The molecule has 3 rings (SSSR count). The summed E-state index contributed by atoms with van der Waals surface area (Å²) in [5, 5.41) is 1.68. The number of rotatable bonds is 5. The molecule has 0 saturated carbocycles. The summed E-state index contributed by atoms with van der Waals surface area (Å²) in [5.41, 5.74) is 3.06. The first-order chi connectivity index (χ1) is 13.1. The van der Waals surface area contributed by atoms with Gasteiger partial charge in [-0.2, -0.15) is 4.99 Å². The molecule has 1 heterocycles. The van der Waals surface area contributed by atoms with Gasteiger partial charge in [0.15, 0.2) is 4.80 Å². The molecule has 0 N–H and O–H groups in total. The van der Waals surface area contributed by atoms with E-state index in [1.165, 1.54) is 11.3 Å². The number of nitrogens with zero attached hydrogens (tertiary/aromatic N) is 2. The zero-order chi connectivity index (χ0) is 19.2. The molecule has 0 saturated heterocycles. The van der Waals surface area contributed by atoms with Gasteiger partial charge >= 0.3 is 5.97 Å². The second-order valence-electron chi connectivity index (χ2n) is 5.98. The number of hydrogen-bond acceptors (Lipinski definition) is 4. The van der Waals surface area contributed by atoms with Gasteiger partial charge in [0.1, 0.15) is 5.69 Å². The van der Waals surface area contributed by atoms with Crippen LogP contribution >= 0.6 is 11.3 Å². The molecule has 0 aliphatic rings. The number of thiazole rings is 1. The predicted molar refractivity (Wildman–Crippen MR) is 105 cm³/mol. The van der Waals surface area contributed by atoms with Crippen molar-refractivity contribution in [2.75, 3.05) is 6.61 Å². The van der Waals surface area contributed by atoms with E-state index in [0.717, 1.165) is 11.1 Å². The molecule has 1 amide bonds. The van der Waals surface area contributed by atoms with Gasteiger partial charge in [-0.25, -0.2) is 4.79 Å². The van der Waals surface area contributed by atoms with Crippen molar-refractivity contribution in [3.63, 3.8) is 0 Å². The maximum Gasteiger partial charge on any atom is 0.355 e. The molecule has 5 nitrogen and oxygen atoms in total. The SMILES string of the molecule is CCOC(=O)c1csc(=NC(=O)c2ccccc2)n1Cc1ccc(C)cc1. The van der Waals surface area contributed by atoms with Crippen LogP contribution in [-0.2, 0) is 11.3 Å². The van der Waals surface area contributed by atoms with Gasteiger partial charge in [0, 0.05) is 10.9 Å². The number of benzene rings is 2. The highest BCUT2D eigenvalue weighted by atomic mass is 32.1. The largest absolute Gasteiger partial charge is 0.461 e. The molecule has 0 aliphatic carbocycles. The first-order valence-electron chi connectivity index (χ1n) is 8.63. The van der Waals surface area contributed by atoms with Gasteiger partial charge in [-0.1, -0.05) is 48.0 Å². The van der Waals surface area contributed by atoms with E-state index >= 15 is 0 Å². The minimum atomic E-state index is -0.422. The summed E-state index contributed by atoms with van der Waals surface area (Å²) in [5.74, 6) is -0.764. The fourth-order valence-electron chi connectivity index (χ4n) is 2.55. The van der Waals surface area contributed by atoms with Gasteiger partial charge in [-0.15, -0.1) is 11.3 Å². The molecule has 0 aliphatic heterocycles. The van der Waals surface area contributed by atoms with Gasteiger partial charge < -0.3 is 9.30 Å². The lowest BCUT2D eigenvalue weighted by Gasteiger charge is -2.09. The van der Waals surface area contributed by atoms with Crippen LogP contribution in [0.25, 0.3) is 0 Å². The summed E-state index contributed by atoms with van der Waals surface area (Å²) in [6.45, 7) is 4.50. The molecule has 0 unspecified atom stereocenters. The molecular formula is C21H20N2O3S. The lowest BCUT2D eigenvalue weighted by atomic mass is 10.1. The number of hydrogen-bond donors (Lipinski definition) is 0. The Labute approximate surface area is 161 Å². The number of carbonyl (C=O) groups excluding carboxylic acids is 2. The zero-order valence-corrected chi connectivity index (χ0v) is 16.0. The van der Waals surface area contributed by atoms with Crippen LogP contribution in [0.5, 0.6) is 0 Å². The van der Waals surface area contributed by atoms with Gasteiger partial charge in [0.25, 0.3) is 5.91 Å². The minimum Gasteiger partial charge on any atom is -0.461 e. The second-order valence-corrected chi connectivity index (χ2v) is 6.82. The Kier molecular flexibility index (Phi) is 5.98. The molecule has 27 heavy (non-hydrogen) atoms. The Morgan fingerprint density at radius 1 is 1.07 bits per heavy atom. The first-order valence-corrected chi connectivity index (χ1v) is 9.51. The van der Waals surface area contributed by atoms with Crippen LogP contribution in [0.4, 0.5) is 0 Å². The number of amides is 1. The minimum absolute atomic E-state index is 0.286. The molecule has 3 aromatic rings. The number of ether oxygens (including phenoxy) is 1. The van der Waals surface area contributed by atoms with Crippen LogP contribution < -0.4 is 4.80 Å². The Morgan fingerprint density at radius 2 is 1.78 bits per heavy atom. The van der Waals surface area contributed by atoms with Crippen LogP contribution in [0.2, 0.25) is 0 Å². The molecular weight excluding hydrogens is 360 g/mol. The maximum absolute atomic E-state index is 12.5. The van der Waals surface area contributed by atoms with Crippen molar-refractivity contribution in [1.29, 1.82) is 0 Å². The first kappa shape index (κ1) is 18.8. The summed E-state index contributed by atoms with van der Waals surface area (Å²) in [7, 11) is 0. The summed E-state index contributed by atoms with van der Waals surface area (Å²) in [6, 6.07) is 16.9. The molecule has 6 heteroatoms. The highest BCUT2D eigenvalue weighted by Gasteiger charge is 2.16. The molecule has 138 valence electrons. The molecule has 0 spiro atoms. The van der Waals surface area contributed by atoms with Crippen molar-refractivity contribution in [2.24, 2.45) is 4.99 Å². The van der Waals surface area contributed by atoms with E-state index in [-0.39, 0.29) is 12.5 Å². The second kappa shape index (κ2) is 8.60. The number of aryl methyl sites for hydroxylation is 1. The molecule has 0 fully saturated rings. The Hall–Kier alpha value is -2.99. The van der Waals surface area contributed by atoms with Crippen LogP contribution in [0.1, 0.15) is 38.9 Å². The van der Waals surface area contributed by atoms with E-state index in [9.17, 15) is 9.59 Å². The molecule has 2 aromatic carbocycles. The summed E-state index contributed by atoms with van der Waals surface area (Å²) >= 11 is 1.25. The lowest BCUT2D eigenvalue weighted by Crippen LogP contribution is -2.23. The number of carbonyl (C=O) groups is 2. The van der Waals surface area contributed by atoms with Crippen molar-refractivity contribution in [3.05, 3.63) is 87.2 Å². The van der Waals surface area contributed by atoms with E-state index in [1.54, 1.807) is 41.1 Å². The van der Waals surface area contributed by atoms with Crippen molar-refractivity contribution in [1.82, 2.24) is 4.57 Å². The standard InChI is InChI=1S/C21H20N2O3S/c1-3-26-20(25)18-14-27-21(22-19(24)17-7-5-4-6-8-17)23(18)13-16-11-9-15(2)10-12-16/h4-12,14H,3,13H2,1-2H3. The average molecular weight is 380 g/mol. The van der Waals surface area contributed by atoms with Crippen molar-refractivity contribution < 1.29 is 14.3 Å². The van der Waals surface area contributed by atoms with Crippen molar-refractivity contribution >= 4 is 23.2 Å². The van der Waals surface area contributed by atoms with E-state index in [2.05, 4.69) is 4.99 Å². The third-order valence-corrected chi connectivity index (χ3v) is 4.83. The molecule has 0 atom stereocenters. The van der Waals surface area contributed by atoms with E-state index in [0.29, 0.717) is 22.6 Å². The Bertz CT molecular complexity index is 1000. The normalized spacial score (nSPS) is 11.4. The fourth-order valence-corrected chi connectivity index (χ4v) is 3.42. The van der Waals surface area contributed by atoms with Gasteiger partial charge in [0.05, 0.1) is 13.2 Å². The van der Waals surface area contributed by atoms with E-state index in [1.807, 2.05) is 37.3 Å². The summed E-state index contributed by atoms with van der Waals surface area (Å²) in [4.78, 5) is 29.5. The van der Waals surface area contributed by atoms with Gasteiger partial charge in [-0.3, -0.25) is 4.79 Å². The highest BCUT2D eigenvalue weighted by Crippen LogP contribution is 2.11. The van der Waals surface area contributed by atoms with Crippen LogP contribution in [0.15, 0.2) is 65.0 Å². The number of aromatic nitrogens is 1.